The van der Waals surface area contributed by atoms with E-state index in [9.17, 15) is 18.8 Å². The molecular weight excluding hydrogens is 443 g/mol. The van der Waals surface area contributed by atoms with Crippen molar-refractivity contribution < 1.29 is 28.2 Å². The third-order valence-corrected chi connectivity index (χ3v) is 6.38. The van der Waals surface area contributed by atoms with Gasteiger partial charge in [0.1, 0.15) is 30.1 Å². The Balaban J connectivity index is 1.12. The van der Waals surface area contributed by atoms with Crippen LogP contribution >= 0.6 is 0 Å². The van der Waals surface area contributed by atoms with Crippen molar-refractivity contribution in [2.75, 3.05) is 43.1 Å². The zero-order valence-electron chi connectivity index (χ0n) is 18.8. The number of halogens is 1. The molecule has 5 rings (SSSR count). The number of hydrogen-bond donors (Lipinski definition) is 1. The molecule has 1 aromatic heterocycles. The van der Waals surface area contributed by atoms with Gasteiger partial charge in [0.15, 0.2) is 5.78 Å². The molecule has 1 N–H and O–H groups in total. The second kappa shape index (κ2) is 9.02. The van der Waals surface area contributed by atoms with Gasteiger partial charge in [-0.05, 0) is 49.7 Å². The first-order chi connectivity index (χ1) is 16.4. The van der Waals surface area contributed by atoms with E-state index in [4.69, 9.17) is 9.47 Å². The first kappa shape index (κ1) is 22.3. The van der Waals surface area contributed by atoms with Crippen LogP contribution in [0, 0.1) is 5.82 Å². The summed E-state index contributed by atoms with van der Waals surface area (Å²) in [5.41, 5.74) is 2.60. The number of hydrogen-bond acceptors (Lipinski definition) is 7. The predicted molar refractivity (Wildman–Crippen MR) is 121 cm³/mol. The Hall–Kier alpha value is -3.53. The Bertz CT molecular complexity index is 1170. The van der Waals surface area contributed by atoms with E-state index in [1.165, 1.54) is 15.9 Å². The van der Waals surface area contributed by atoms with Crippen LogP contribution in [0.15, 0.2) is 24.3 Å². The minimum atomic E-state index is -0.477. The molecule has 1 atom stereocenters. The average molecular weight is 468 g/mol. The Morgan fingerprint density at radius 2 is 2.00 bits per heavy atom. The molecule has 1 fully saturated rings. The lowest BCUT2D eigenvalue weighted by atomic mass is 10.0. The number of benzene rings is 1. The highest BCUT2D eigenvalue weighted by atomic mass is 19.1. The van der Waals surface area contributed by atoms with E-state index in [-0.39, 0.29) is 36.6 Å². The lowest BCUT2D eigenvalue weighted by Gasteiger charge is -2.18. The van der Waals surface area contributed by atoms with Gasteiger partial charge in [-0.2, -0.15) is 0 Å². The number of aromatic nitrogens is 1. The van der Waals surface area contributed by atoms with Crippen LogP contribution in [0.5, 0.6) is 5.75 Å². The van der Waals surface area contributed by atoms with Crippen molar-refractivity contribution in [3.63, 3.8) is 0 Å². The summed E-state index contributed by atoms with van der Waals surface area (Å²) in [5.74, 6) is 0.600. The molecule has 0 aliphatic carbocycles. The van der Waals surface area contributed by atoms with Gasteiger partial charge in [-0.1, -0.05) is 6.07 Å². The number of nitrogens with one attached hydrogen (secondary N) is 1. The van der Waals surface area contributed by atoms with Crippen molar-refractivity contribution >= 4 is 29.3 Å². The van der Waals surface area contributed by atoms with E-state index < -0.39 is 6.09 Å². The van der Waals surface area contributed by atoms with Crippen LogP contribution in [0.4, 0.5) is 20.7 Å². The van der Waals surface area contributed by atoms with Crippen LogP contribution in [0.1, 0.15) is 23.2 Å². The maximum atomic E-state index is 14.4. The molecule has 178 valence electrons. The van der Waals surface area contributed by atoms with E-state index in [0.29, 0.717) is 67.4 Å². The molecule has 0 spiro atoms. The molecule has 0 bridgehead atoms. The molecule has 3 aliphatic heterocycles. The fraction of sp³-hybridized carbons (Fsp3) is 0.417. The standard InChI is InChI=1S/C24H25FN4O5/c1-28-22(31)10-14-2-3-18(25)17(23(14)28)7-9-26-8-6-16-12-29(24(32)34-16)21-5-4-20-19(27-21)11-15(30)13-33-20/h2-5,16,26H,6-13H2,1H3. The third-order valence-electron chi connectivity index (χ3n) is 6.38. The number of fused-ring (bicyclic) bond motifs is 2. The summed E-state index contributed by atoms with van der Waals surface area (Å²) >= 11 is 0. The Labute approximate surface area is 195 Å². The molecule has 0 saturated carbocycles. The number of ketones is 1. The van der Waals surface area contributed by atoms with Gasteiger partial charge in [-0.25, -0.2) is 14.2 Å². The van der Waals surface area contributed by atoms with Gasteiger partial charge in [0.25, 0.3) is 0 Å². The molecule has 1 saturated heterocycles. The summed E-state index contributed by atoms with van der Waals surface area (Å²) in [7, 11) is 1.67. The van der Waals surface area contributed by atoms with E-state index >= 15 is 0 Å². The summed E-state index contributed by atoms with van der Waals surface area (Å²) in [6.45, 7) is 1.51. The predicted octanol–water partition coefficient (Wildman–Crippen LogP) is 1.79. The number of anilines is 2. The fourth-order valence-corrected chi connectivity index (χ4v) is 4.61. The highest BCUT2D eigenvalue weighted by Crippen LogP contribution is 2.33. The monoisotopic (exact) mass is 468 g/mol. The molecule has 2 aromatic rings. The number of carbonyl (C=O) groups is 3. The highest BCUT2D eigenvalue weighted by molar-refractivity contribution is 6.01. The number of nitrogens with zero attached hydrogens (tertiary/aromatic N) is 3. The molecule has 34 heavy (non-hydrogen) atoms. The summed E-state index contributed by atoms with van der Waals surface area (Å²) in [5, 5.41) is 3.27. The summed E-state index contributed by atoms with van der Waals surface area (Å²) in [6, 6.07) is 6.50. The number of likely N-dealkylation sites (N-methyl/N-ethyl adjacent to an activating group) is 1. The summed E-state index contributed by atoms with van der Waals surface area (Å²) in [6.07, 6.45) is 0.742. The number of carbonyl (C=O) groups excluding carboxylic acids is 3. The van der Waals surface area contributed by atoms with E-state index in [0.717, 1.165) is 5.56 Å². The summed E-state index contributed by atoms with van der Waals surface area (Å²) in [4.78, 5) is 43.4. The maximum Gasteiger partial charge on any atom is 0.415 e. The Morgan fingerprint density at radius 1 is 1.15 bits per heavy atom. The molecule has 9 nitrogen and oxygen atoms in total. The molecule has 1 aromatic carbocycles. The molecule has 2 amide bonds. The summed E-state index contributed by atoms with van der Waals surface area (Å²) < 4.78 is 25.2. The number of amides is 2. The van der Waals surface area contributed by atoms with Gasteiger partial charge in [0.2, 0.25) is 5.91 Å². The van der Waals surface area contributed by atoms with Crippen LogP contribution in [0.2, 0.25) is 0 Å². The van der Waals surface area contributed by atoms with Gasteiger partial charge < -0.3 is 19.7 Å². The van der Waals surface area contributed by atoms with Gasteiger partial charge in [0.05, 0.1) is 30.8 Å². The number of Topliss-reactive ketones (excluding diaryl/α,β-unsaturated/α-hetero) is 1. The van der Waals surface area contributed by atoms with E-state index in [1.807, 2.05) is 0 Å². The lowest BCUT2D eigenvalue weighted by molar-refractivity contribution is -0.121. The smallest absolute Gasteiger partial charge is 0.415 e. The zero-order chi connectivity index (χ0) is 23.8. The van der Waals surface area contributed by atoms with Crippen molar-refractivity contribution in [2.24, 2.45) is 0 Å². The fourth-order valence-electron chi connectivity index (χ4n) is 4.61. The van der Waals surface area contributed by atoms with Gasteiger partial charge in [-0.3, -0.25) is 14.5 Å². The molecular formula is C24H25FN4O5. The number of ether oxygens (including phenoxy) is 2. The van der Waals surface area contributed by atoms with Crippen molar-refractivity contribution in [2.45, 2.75) is 31.8 Å². The van der Waals surface area contributed by atoms with Crippen molar-refractivity contribution in [1.29, 1.82) is 0 Å². The minimum Gasteiger partial charge on any atom is -0.484 e. The maximum absolute atomic E-state index is 14.4. The second-order valence-electron chi connectivity index (χ2n) is 8.69. The minimum absolute atomic E-state index is 0.0324. The van der Waals surface area contributed by atoms with Crippen LogP contribution in [-0.4, -0.2) is 62.2 Å². The normalized spacial score (nSPS) is 19.2. The molecule has 3 aliphatic rings. The second-order valence-corrected chi connectivity index (χ2v) is 8.69. The van der Waals surface area contributed by atoms with E-state index in [2.05, 4.69) is 10.3 Å². The Kier molecular flexibility index (Phi) is 5.91. The number of cyclic esters (lactones) is 1. The van der Waals surface area contributed by atoms with Crippen molar-refractivity contribution in [3.8, 4) is 5.75 Å². The first-order valence-electron chi connectivity index (χ1n) is 11.3. The Morgan fingerprint density at radius 3 is 2.85 bits per heavy atom. The SMILES string of the molecule is CN1C(=O)Cc2ccc(F)c(CCNCCC3CN(c4ccc5c(n4)CC(=O)CO5)C(=O)O3)c21. The van der Waals surface area contributed by atoms with Crippen LogP contribution in [0.3, 0.4) is 0 Å². The molecule has 1 unspecified atom stereocenters. The number of pyridine rings is 1. The zero-order valence-corrected chi connectivity index (χ0v) is 18.8. The van der Waals surface area contributed by atoms with Crippen molar-refractivity contribution in [1.82, 2.24) is 10.3 Å². The van der Waals surface area contributed by atoms with E-state index in [1.54, 1.807) is 25.2 Å². The molecule has 10 heteroatoms. The van der Waals surface area contributed by atoms with Gasteiger partial charge in [-0.15, -0.1) is 0 Å². The largest absolute Gasteiger partial charge is 0.484 e. The van der Waals surface area contributed by atoms with Crippen LogP contribution in [-0.2, 0) is 33.6 Å². The quantitative estimate of drug-likeness (QED) is 0.619. The average Bonchev–Trinajstić information content (AvgIpc) is 3.33. The molecule has 0 radical (unpaired) electrons. The van der Waals surface area contributed by atoms with Crippen molar-refractivity contribution in [3.05, 3.63) is 46.9 Å². The lowest BCUT2D eigenvalue weighted by Crippen LogP contribution is -2.28. The van der Waals surface area contributed by atoms with Gasteiger partial charge >= 0.3 is 6.09 Å². The molecule has 4 heterocycles. The topological polar surface area (TPSA) is 101 Å². The van der Waals surface area contributed by atoms with Gasteiger partial charge in [0, 0.05) is 12.6 Å². The van der Waals surface area contributed by atoms with Crippen LogP contribution in [0.25, 0.3) is 0 Å². The number of rotatable bonds is 7. The third kappa shape index (κ3) is 4.21. The van der Waals surface area contributed by atoms with Crippen LogP contribution < -0.4 is 19.9 Å². The first-order valence-corrected chi connectivity index (χ1v) is 11.3. The highest BCUT2D eigenvalue weighted by Gasteiger charge is 2.34.